The number of nitrogens with zero attached hydrogens (tertiary/aromatic N) is 1. The van der Waals surface area contributed by atoms with Crippen molar-refractivity contribution in [2.24, 2.45) is 5.92 Å². The van der Waals surface area contributed by atoms with Crippen molar-refractivity contribution in [3.8, 4) is 6.07 Å². The van der Waals surface area contributed by atoms with E-state index in [1.807, 2.05) is 13.8 Å². The second-order valence-electron chi connectivity index (χ2n) is 4.97. The van der Waals surface area contributed by atoms with Crippen LogP contribution in [-0.2, 0) is 4.79 Å². The van der Waals surface area contributed by atoms with Crippen LogP contribution in [0, 0.1) is 17.2 Å². The van der Waals surface area contributed by atoms with Crippen molar-refractivity contribution >= 4 is 34.8 Å². The molecule has 0 bridgehead atoms. The van der Waals surface area contributed by atoms with Gasteiger partial charge in [0.1, 0.15) is 5.54 Å². The molecular weight excluding hydrogens is 297 g/mol. The van der Waals surface area contributed by atoms with E-state index in [0.29, 0.717) is 15.7 Å². The predicted octanol–water partition coefficient (Wildman–Crippen LogP) is 3.46. The molecule has 0 aliphatic carbocycles. The second-order valence-corrected chi connectivity index (χ2v) is 5.76. The summed E-state index contributed by atoms with van der Waals surface area (Å²) in [7, 11) is 0. The van der Waals surface area contributed by atoms with E-state index in [4.69, 9.17) is 28.5 Å². The topological polar surface area (TPSA) is 64.9 Å². The van der Waals surface area contributed by atoms with Crippen molar-refractivity contribution in [2.45, 2.75) is 26.3 Å². The molecule has 0 heterocycles. The van der Waals surface area contributed by atoms with Crippen molar-refractivity contribution in [2.75, 3.05) is 11.9 Å². The fourth-order valence-electron chi connectivity index (χ4n) is 1.45. The van der Waals surface area contributed by atoms with E-state index in [9.17, 15) is 4.79 Å². The summed E-state index contributed by atoms with van der Waals surface area (Å²) in [5, 5.41) is 15.5. The van der Waals surface area contributed by atoms with Crippen LogP contribution < -0.4 is 10.6 Å². The zero-order chi connectivity index (χ0) is 15.3. The van der Waals surface area contributed by atoms with Crippen molar-refractivity contribution in [3.63, 3.8) is 0 Å². The van der Waals surface area contributed by atoms with Gasteiger partial charge in [-0.15, -0.1) is 0 Å². The molecule has 1 atom stereocenters. The SMILES string of the molecule is CC(C)C(C)(C#N)NC(=O)CNc1cccc(Cl)c1Cl. The molecule has 0 radical (unpaired) electrons. The normalized spacial score (nSPS) is 13.4. The first kappa shape index (κ1) is 16.6. The number of carbonyl (C=O) groups excluding carboxylic acids is 1. The monoisotopic (exact) mass is 313 g/mol. The van der Waals surface area contributed by atoms with Crippen LogP contribution in [0.15, 0.2) is 18.2 Å². The molecule has 0 saturated carbocycles. The summed E-state index contributed by atoms with van der Waals surface area (Å²) < 4.78 is 0. The van der Waals surface area contributed by atoms with Gasteiger partial charge in [0.2, 0.25) is 5.91 Å². The maximum Gasteiger partial charge on any atom is 0.240 e. The number of halogens is 2. The lowest BCUT2D eigenvalue weighted by molar-refractivity contribution is -0.121. The van der Waals surface area contributed by atoms with Crippen molar-refractivity contribution in [1.29, 1.82) is 5.26 Å². The summed E-state index contributed by atoms with van der Waals surface area (Å²) in [5.41, 5.74) is -0.311. The number of carbonyl (C=O) groups is 1. The third kappa shape index (κ3) is 4.03. The summed E-state index contributed by atoms with van der Waals surface area (Å²) in [6.07, 6.45) is 0. The van der Waals surface area contributed by atoms with Gasteiger partial charge in [0.25, 0.3) is 0 Å². The van der Waals surface area contributed by atoms with Crippen LogP contribution in [0.3, 0.4) is 0 Å². The van der Waals surface area contributed by atoms with Crippen molar-refractivity contribution in [1.82, 2.24) is 5.32 Å². The Kier molecular flexibility index (Phi) is 5.67. The quantitative estimate of drug-likeness (QED) is 0.875. The molecule has 0 aliphatic rings. The summed E-state index contributed by atoms with van der Waals surface area (Å²) >= 11 is 11.9. The largest absolute Gasteiger partial charge is 0.375 e. The number of nitriles is 1. The fourth-order valence-corrected chi connectivity index (χ4v) is 1.82. The number of hydrogen-bond donors (Lipinski definition) is 2. The van der Waals surface area contributed by atoms with Crippen LogP contribution in [0.25, 0.3) is 0 Å². The Morgan fingerprint density at radius 3 is 2.65 bits per heavy atom. The number of rotatable bonds is 5. The Bertz CT molecular complexity index is 540. The first-order valence-electron chi connectivity index (χ1n) is 6.20. The fraction of sp³-hybridized carbons (Fsp3) is 0.429. The van der Waals surface area contributed by atoms with Gasteiger partial charge in [-0.2, -0.15) is 5.26 Å². The van der Waals surface area contributed by atoms with E-state index in [0.717, 1.165) is 0 Å². The third-order valence-corrected chi connectivity index (χ3v) is 4.00. The summed E-state index contributed by atoms with van der Waals surface area (Å²) in [6.45, 7) is 5.47. The first-order chi connectivity index (χ1) is 9.30. The van der Waals surface area contributed by atoms with Crippen molar-refractivity contribution < 1.29 is 4.79 Å². The van der Waals surface area contributed by atoms with E-state index >= 15 is 0 Å². The van der Waals surface area contributed by atoms with Gasteiger partial charge in [-0.05, 0) is 25.0 Å². The van der Waals surface area contributed by atoms with Gasteiger partial charge in [-0.1, -0.05) is 43.1 Å². The van der Waals surface area contributed by atoms with Crippen LogP contribution >= 0.6 is 23.2 Å². The number of anilines is 1. The average Bonchev–Trinajstić information content (AvgIpc) is 2.40. The van der Waals surface area contributed by atoms with E-state index in [1.165, 1.54) is 0 Å². The van der Waals surface area contributed by atoms with E-state index in [2.05, 4.69) is 16.7 Å². The van der Waals surface area contributed by atoms with Crippen LogP contribution in [0.4, 0.5) is 5.69 Å². The maximum absolute atomic E-state index is 11.9. The average molecular weight is 314 g/mol. The molecule has 0 spiro atoms. The Morgan fingerprint density at radius 2 is 2.10 bits per heavy atom. The smallest absolute Gasteiger partial charge is 0.240 e. The molecule has 108 valence electrons. The molecule has 0 fully saturated rings. The summed E-state index contributed by atoms with van der Waals surface area (Å²) in [6, 6.07) is 7.26. The molecular formula is C14H17Cl2N3O. The molecule has 4 nitrogen and oxygen atoms in total. The van der Waals surface area contributed by atoms with E-state index in [1.54, 1.807) is 25.1 Å². The lowest BCUT2D eigenvalue weighted by Crippen LogP contribution is -2.50. The zero-order valence-corrected chi connectivity index (χ0v) is 13.1. The number of amides is 1. The molecule has 0 aromatic heterocycles. The van der Waals surface area contributed by atoms with Gasteiger partial charge in [-0.3, -0.25) is 4.79 Å². The lowest BCUT2D eigenvalue weighted by atomic mass is 9.90. The Morgan fingerprint density at radius 1 is 1.45 bits per heavy atom. The molecule has 1 amide bonds. The van der Waals surface area contributed by atoms with Gasteiger partial charge in [0, 0.05) is 0 Å². The highest BCUT2D eigenvalue weighted by atomic mass is 35.5. The van der Waals surface area contributed by atoms with Crippen LogP contribution in [-0.4, -0.2) is 18.0 Å². The first-order valence-corrected chi connectivity index (χ1v) is 6.96. The molecule has 20 heavy (non-hydrogen) atoms. The number of benzene rings is 1. The van der Waals surface area contributed by atoms with Crippen LogP contribution in [0.5, 0.6) is 0 Å². The van der Waals surface area contributed by atoms with Gasteiger partial charge in [-0.25, -0.2) is 0 Å². The Labute approximate surface area is 129 Å². The predicted molar refractivity (Wildman–Crippen MR) is 82.0 cm³/mol. The second kappa shape index (κ2) is 6.83. The minimum atomic E-state index is -0.892. The highest BCUT2D eigenvalue weighted by Crippen LogP contribution is 2.29. The van der Waals surface area contributed by atoms with Gasteiger partial charge in [0.05, 0.1) is 28.3 Å². The Balaban J connectivity index is 2.65. The number of nitrogens with one attached hydrogen (secondary N) is 2. The minimum absolute atomic E-state index is 0.00575. The highest BCUT2D eigenvalue weighted by molar-refractivity contribution is 6.43. The van der Waals surface area contributed by atoms with Crippen LogP contribution in [0.1, 0.15) is 20.8 Å². The van der Waals surface area contributed by atoms with Crippen molar-refractivity contribution in [3.05, 3.63) is 28.2 Å². The summed E-state index contributed by atoms with van der Waals surface area (Å²) in [5.74, 6) is -0.273. The van der Waals surface area contributed by atoms with Gasteiger partial charge >= 0.3 is 0 Å². The molecule has 1 aromatic carbocycles. The maximum atomic E-state index is 11.9. The van der Waals surface area contributed by atoms with Crippen LogP contribution in [0.2, 0.25) is 10.0 Å². The number of hydrogen-bond acceptors (Lipinski definition) is 3. The molecule has 6 heteroatoms. The van der Waals surface area contributed by atoms with E-state index < -0.39 is 5.54 Å². The molecule has 0 saturated heterocycles. The zero-order valence-electron chi connectivity index (χ0n) is 11.6. The Hall–Kier alpha value is -1.44. The lowest BCUT2D eigenvalue weighted by Gasteiger charge is -2.27. The summed E-state index contributed by atoms with van der Waals surface area (Å²) in [4.78, 5) is 11.9. The van der Waals surface area contributed by atoms with Gasteiger partial charge in [0.15, 0.2) is 0 Å². The molecule has 1 unspecified atom stereocenters. The van der Waals surface area contributed by atoms with E-state index in [-0.39, 0.29) is 18.4 Å². The molecule has 2 N–H and O–H groups in total. The standard InChI is InChI=1S/C14H17Cl2N3O/c1-9(2)14(3,8-17)19-12(20)7-18-11-6-4-5-10(15)13(11)16/h4-6,9,18H,7H2,1-3H3,(H,19,20). The molecule has 0 aliphatic heterocycles. The van der Waals surface area contributed by atoms with Gasteiger partial charge < -0.3 is 10.6 Å². The highest BCUT2D eigenvalue weighted by Gasteiger charge is 2.29. The third-order valence-electron chi connectivity index (χ3n) is 3.18. The minimum Gasteiger partial charge on any atom is -0.375 e. The molecule has 1 rings (SSSR count). The molecule has 1 aromatic rings.